The molecule has 0 aromatic heterocycles. The Morgan fingerprint density at radius 3 is 1.89 bits per heavy atom. The number of carboxylic acids is 2. The number of carbonyl (C=O) groups is 3. The van der Waals surface area contributed by atoms with Gasteiger partial charge in [-0.15, -0.1) is 0 Å². The standard InChI is InChI=1S/C40H52N2O17S4/c1-39(2)30-24-27(62(54,55)56)16-18-32(30)41(21-9-5-6-12-34(43)29(38(46)47)26-61(51,52)53)35(39)13-10-14-36-40(3,20-8-4-7-15-37(44)45)31-25-28(63(57,58)59)17-19-33(31)42(36)22-11-23-60(48,49)50/h10,13-14,16-19,24-25,29H,4-9,11-12,15,20-23,26H2,1-3H3,(H5-,44,45,46,47,48,49,50,51,52,53,54,55,56,57,58,59)/p+1. The quantitative estimate of drug-likeness (QED) is 0.0356. The Balaban J connectivity index is 1.78. The van der Waals surface area contributed by atoms with Crippen molar-refractivity contribution in [2.75, 3.05) is 29.5 Å². The van der Waals surface area contributed by atoms with Crippen LogP contribution in [0.2, 0.25) is 0 Å². The largest absolute Gasteiger partial charge is 0.481 e. The monoisotopic (exact) mass is 961 g/mol. The first-order valence-corrected chi connectivity index (χ1v) is 26.0. The number of benzene rings is 2. The molecule has 0 radical (unpaired) electrons. The van der Waals surface area contributed by atoms with Crippen LogP contribution < -0.4 is 4.90 Å². The molecule has 2 atom stereocenters. The number of unbranched alkanes of at least 4 members (excludes halogenated alkanes) is 4. The Hall–Kier alpha value is -4.36. The van der Waals surface area contributed by atoms with Gasteiger partial charge in [-0.3, -0.25) is 32.6 Å². The van der Waals surface area contributed by atoms with Gasteiger partial charge in [0.25, 0.3) is 40.5 Å². The summed E-state index contributed by atoms with van der Waals surface area (Å²) in [6, 6.07) is 8.18. The molecule has 2 aromatic carbocycles. The second-order valence-electron chi connectivity index (χ2n) is 16.4. The van der Waals surface area contributed by atoms with Crippen molar-refractivity contribution >= 4 is 75.3 Å². The van der Waals surface area contributed by atoms with E-state index in [1.165, 1.54) is 36.4 Å². The molecule has 2 aromatic rings. The lowest BCUT2D eigenvalue weighted by molar-refractivity contribution is -0.438. The van der Waals surface area contributed by atoms with E-state index in [0.29, 0.717) is 79.0 Å². The summed E-state index contributed by atoms with van der Waals surface area (Å²) >= 11 is 0. The average molecular weight is 962 g/mol. The molecule has 0 spiro atoms. The third kappa shape index (κ3) is 13.1. The fourth-order valence-electron chi connectivity index (χ4n) is 8.25. The van der Waals surface area contributed by atoms with Gasteiger partial charge in [-0.25, -0.2) is 0 Å². The molecule has 19 nitrogen and oxygen atoms in total. The molecular weight excluding hydrogens is 909 g/mol. The Morgan fingerprint density at radius 2 is 1.32 bits per heavy atom. The number of hydrogen-bond acceptors (Lipinski definition) is 12. The van der Waals surface area contributed by atoms with Crippen LogP contribution in [0.5, 0.6) is 0 Å². The van der Waals surface area contributed by atoms with Gasteiger partial charge in [0.1, 0.15) is 18.2 Å². The molecule has 0 saturated heterocycles. The van der Waals surface area contributed by atoms with Crippen molar-refractivity contribution in [3.8, 4) is 0 Å². The van der Waals surface area contributed by atoms with E-state index in [1.54, 1.807) is 23.1 Å². The molecule has 4 rings (SSSR count). The zero-order chi connectivity index (χ0) is 47.3. The predicted molar refractivity (Wildman–Crippen MR) is 230 cm³/mol. The highest BCUT2D eigenvalue weighted by molar-refractivity contribution is 7.86. The van der Waals surface area contributed by atoms with Crippen LogP contribution in [-0.2, 0) is 65.7 Å². The topological polar surface area (TPSA) is 315 Å². The maximum atomic E-state index is 12.6. The van der Waals surface area contributed by atoms with Crippen molar-refractivity contribution in [2.45, 2.75) is 106 Å². The maximum absolute atomic E-state index is 12.6. The SMILES string of the molecule is CC1(C)C(C=CC=C2N(CCCS(=O)(=O)O)c3ccc(S(=O)(=O)O)cc3C2(C)CCCCCC(=O)O)=[N+](CCCCCC(=O)C(CS(=O)(=O)O)C(=O)O)c2ccc(S(=O)(=O)O)cc21. The third-order valence-electron chi connectivity index (χ3n) is 11.4. The summed E-state index contributed by atoms with van der Waals surface area (Å²) in [6.45, 7) is 5.85. The van der Waals surface area contributed by atoms with Gasteiger partial charge < -0.3 is 15.1 Å². The average Bonchev–Trinajstić information content (AvgIpc) is 3.50. The van der Waals surface area contributed by atoms with E-state index < -0.39 is 86.4 Å². The molecular formula is C40H53N2O17S4+. The molecule has 0 fully saturated rings. The number of nitrogens with zero attached hydrogens (tertiary/aromatic N) is 2. The lowest BCUT2D eigenvalue weighted by Gasteiger charge is -2.30. The predicted octanol–water partition coefficient (Wildman–Crippen LogP) is 4.81. The minimum atomic E-state index is -4.74. The minimum absolute atomic E-state index is 0.0409. The Morgan fingerprint density at radius 1 is 0.730 bits per heavy atom. The van der Waals surface area contributed by atoms with Crippen LogP contribution in [-0.4, -0.2) is 115 Å². The van der Waals surface area contributed by atoms with Crippen LogP contribution in [0, 0.1) is 5.92 Å². The summed E-state index contributed by atoms with van der Waals surface area (Å²) in [5, 5.41) is 18.5. The number of allylic oxidation sites excluding steroid dienone is 4. The molecule has 0 saturated carbocycles. The number of carboxylic acid groups (broad SMARTS) is 2. The second-order valence-corrected chi connectivity index (χ2v) is 22.3. The third-order valence-corrected chi connectivity index (χ3v) is 14.7. The summed E-state index contributed by atoms with van der Waals surface area (Å²) < 4.78 is 136. The van der Waals surface area contributed by atoms with E-state index in [-0.39, 0.29) is 42.0 Å². The van der Waals surface area contributed by atoms with Crippen LogP contribution >= 0.6 is 0 Å². The normalized spacial score (nSPS) is 18.8. The van der Waals surface area contributed by atoms with E-state index >= 15 is 0 Å². The molecule has 2 unspecified atom stereocenters. The van der Waals surface area contributed by atoms with Crippen LogP contribution in [0.4, 0.5) is 11.4 Å². The summed E-state index contributed by atoms with van der Waals surface area (Å²) in [7, 11) is -18.4. The second kappa shape index (κ2) is 19.8. The first-order valence-electron chi connectivity index (χ1n) is 19.9. The van der Waals surface area contributed by atoms with E-state index in [1.807, 2.05) is 25.3 Å². The van der Waals surface area contributed by atoms with Gasteiger partial charge in [0, 0.05) is 60.3 Å². The van der Waals surface area contributed by atoms with E-state index in [2.05, 4.69) is 0 Å². The highest BCUT2D eigenvalue weighted by Crippen LogP contribution is 2.51. The van der Waals surface area contributed by atoms with Crippen molar-refractivity contribution in [2.24, 2.45) is 5.92 Å². The van der Waals surface area contributed by atoms with Crippen LogP contribution in [0.1, 0.15) is 96.1 Å². The Kier molecular flexibility index (Phi) is 16.1. The molecule has 0 bridgehead atoms. The van der Waals surface area contributed by atoms with Crippen molar-refractivity contribution in [1.82, 2.24) is 0 Å². The maximum Gasteiger partial charge on any atom is 0.315 e. The van der Waals surface area contributed by atoms with Crippen LogP contribution in [0.25, 0.3) is 0 Å². The number of fused-ring (bicyclic) bond motifs is 2. The number of anilines is 1. The van der Waals surface area contributed by atoms with Crippen molar-refractivity contribution < 1.29 is 81.1 Å². The Labute approximate surface area is 367 Å². The number of rotatable bonds is 24. The molecule has 0 amide bonds. The zero-order valence-corrected chi connectivity index (χ0v) is 38.1. The summed E-state index contributed by atoms with van der Waals surface area (Å²) in [5.41, 5.74) is 1.49. The smallest absolute Gasteiger partial charge is 0.315 e. The minimum Gasteiger partial charge on any atom is -0.481 e. The molecule has 6 N–H and O–H groups in total. The van der Waals surface area contributed by atoms with Gasteiger partial charge in [-0.1, -0.05) is 18.9 Å². The molecule has 2 aliphatic rings. The molecule has 2 heterocycles. The van der Waals surface area contributed by atoms with E-state index in [4.69, 9.17) is 4.55 Å². The number of aliphatic carboxylic acids is 2. The van der Waals surface area contributed by atoms with Gasteiger partial charge in [0.2, 0.25) is 5.69 Å². The molecule has 2 aliphatic heterocycles. The van der Waals surface area contributed by atoms with Crippen molar-refractivity contribution in [3.63, 3.8) is 0 Å². The van der Waals surface area contributed by atoms with E-state index in [9.17, 15) is 71.9 Å². The number of carbonyl (C=O) groups excluding carboxylic acids is 1. The first kappa shape index (κ1) is 51.3. The fourth-order valence-corrected chi connectivity index (χ4v) is 10.5. The van der Waals surface area contributed by atoms with Crippen LogP contribution in [0.15, 0.2) is 70.1 Å². The molecule has 63 heavy (non-hydrogen) atoms. The fraction of sp³-hybridized carbons (Fsp3) is 0.500. The van der Waals surface area contributed by atoms with Gasteiger partial charge >= 0.3 is 11.9 Å². The number of hydrogen-bond donors (Lipinski definition) is 6. The highest BCUT2D eigenvalue weighted by atomic mass is 32.2. The van der Waals surface area contributed by atoms with Crippen LogP contribution in [0.3, 0.4) is 0 Å². The number of ketones is 1. The highest BCUT2D eigenvalue weighted by Gasteiger charge is 2.46. The summed E-state index contributed by atoms with van der Waals surface area (Å²) in [5.74, 6) is -7.27. The van der Waals surface area contributed by atoms with Crippen molar-refractivity contribution in [3.05, 3.63) is 71.5 Å². The molecule has 23 heteroatoms. The van der Waals surface area contributed by atoms with Gasteiger partial charge in [0.05, 0.1) is 26.7 Å². The van der Waals surface area contributed by atoms with Gasteiger partial charge in [-0.05, 0) is 94.8 Å². The number of Topliss-reactive ketones (excluding diaryl/α,β-unsaturated/α-hetero) is 1. The summed E-state index contributed by atoms with van der Waals surface area (Å²) in [4.78, 5) is 36.4. The lowest BCUT2D eigenvalue weighted by Crippen LogP contribution is -2.30. The molecule has 0 aliphatic carbocycles. The van der Waals surface area contributed by atoms with E-state index in [0.717, 1.165) is 0 Å². The zero-order valence-electron chi connectivity index (χ0n) is 34.9. The first-order chi connectivity index (χ1) is 29.0. The van der Waals surface area contributed by atoms with Crippen molar-refractivity contribution in [1.29, 1.82) is 0 Å². The lowest BCUT2D eigenvalue weighted by atomic mass is 9.77. The summed E-state index contributed by atoms with van der Waals surface area (Å²) in [6.07, 6.45) is 7.55. The van der Waals surface area contributed by atoms with Gasteiger partial charge in [-0.2, -0.15) is 38.2 Å². The Bertz CT molecular complexity index is 2670. The molecule has 348 valence electrons. The van der Waals surface area contributed by atoms with Gasteiger partial charge in [0.15, 0.2) is 5.71 Å².